The molecule has 0 saturated heterocycles. The first-order chi connectivity index (χ1) is 14.8. The van der Waals surface area contributed by atoms with Gasteiger partial charge in [0.2, 0.25) is 0 Å². The average molecular weight is 455 g/mol. The van der Waals surface area contributed by atoms with E-state index in [0.717, 1.165) is 11.3 Å². The van der Waals surface area contributed by atoms with Crippen LogP contribution in [0.3, 0.4) is 0 Å². The maximum atomic E-state index is 12.1. The van der Waals surface area contributed by atoms with Crippen molar-refractivity contribution in [3.05, 3.63) is 16.0 Å². The minimum Gasteiger partial charge on any atom is -0.481 e. The minimum atomic E-state index is -1.04. The molecule has 0 atom stereocenters. The van der Waals surface area contributed by atoms with E-state index in [1.165, 1.54) is 4.90 Å². The highest BCUT2D eigenvalue weighted by atomic mass is 32.1. The first-order valence-electron chi connectivity index (χ1n) is 9.75. The second-order valence-corrected chi connectivity index (χ2v) is 7.22. The number of carbonyl (C=O) groups excluding carboxylic acids is 3. The van der Waals surface area contributed by atoms with E-state index < -0.39 is 23.9 Å². The highest BCUT2D eigenvalue weighted by Gasteiger charge is 2.27. The standard InChI is InChI=1S/C20H26N2O8S/c1-4-28-17(25)9-13-14(10-21)20(31-15(13)7-8-16(23)24)22(11-18(26)29-5-2)12-19(27)30-6-3/h4-9,11-12H2,1-3H3,(H,23,24). The van der Waals surface area contributed by atoms with Gasteiger partial charge in [-0.15, -0.1) is 11.3 Å². The first kappa shape index (κ1) is 25.9. The molecule has 10 nitrogen and oxygen atoms in total. The Bertz CT molecular complexity index is 823. The van der Waals surface area contributed by atoms with Crippen molar-refractivity contribution in [1.29, 1.82) is 5.26 Å². The molecule has 0 aliphatic rings. The number of carboxylic acids is 1. The Morgan fingerprint density at radius 2 is 1.48 bits per heavy atom. The van der Waals surface area contributed by atoms with E-state index in [9.17, 15) is 24.4 Å². The van der Waals surface area contributed by atoms with Crippen LogP contribution in [0.4, 0.5) is 5.00 Å². The zero-order chi connectivity index (χ0) is 23.4. The van der Waals surface area contributed by atoms with Gasteiger partial charge in [0.25, 0.3) is 0 Å². The van der Waals surface area contributed by atoms with Gasteiger partial charge in [-0.3, -0.25) is 19.2 Å². The van der Waals surface area contributed by atoms with Crippen LogP contribution >= 0.6 is 11.3 Å². The molecule has 0 aliphatic heterocycles. The number of hydrogen-bond donors (Lipinski definition) is 1. The van der Waals surface area contributed by atoms with Gasteiger partial charge < -0.3 is 24.2 Å². The number of anilines is 1. The molecule has 11 heteroatoms. The van der Waals surface area contributed by atoms with Gasteiger partial charge in [-0.05, 0) is 32.8 Å². The molecule has 31 heavy (non-hydrogen) atoms. The number of aliphatic carboxylic acids is 1. The van der Waals surface area contributed by atoms with E-state index in [1.807, 2.05) is 6.07 Å². The fourth-order valence-corrected chi connectivity index (χ4v) is 3.99. The lowest BCUT2D eigenvalue weighted by molar-refractivity contribution is -0.143. The Morgan fingerprint density at radius 1 is 0.968 bits per heavy atom. The van der Waals surface area contributed by atoms with Crippen molar-refractivity contribution >= 4 is 40.2 Å². The molecule has 0 spiro atoms. The van der Waals surface area contributed by atoms with Crippen LogP contribution in [0.1, 0.15) is 43.2 Å². The summed E-state index contributed by atoms with van der Waals surface area (Å²) < 4.78 is 14.9. The van der Waals surface area contributed by atoms with E-state index in [0.29, 0.717) is 10.4 Å². The molecule has 1 aromatic heterocycles. The number of nitriles is 1. The molecule has 1 heterocycles. The lowest BCUT2D eigenvalue weighted by atomic mass is 10.0. The van der Waals surface area contributed by atoms with Crippen LogP contribution in [-0.2, 0) is 46.2 Å². The fraction of sp³-hybridized carbons (Fsp3) is 0.550. The molecule has 1 aromatic rings. The molecule has 0 aliphatic carbocycles. The number of ether oxygens (including phenoxy) is 3. The van der Waals surface area contributed by atoms with E-state index in [2.05, 4.69) is 0 Å². The topological polar surface area (TPSA) is 143 Å². The summed E-state index contributed by atoms with van der Waals surface area (Å²) in [4.78, 5) is 49.1. The summed E-state index contributed by atoms with van der Waals surface area (Å²) in [6, 6.07) is 2.02. The lowest BCUT2D eigenvalue weighted by Crippen LogP contribution is -2.36. The van der Waals surface area contributed by atoms with Gasteiger partial charge in [0.1, 0.15) is 24.2 Å². The molecule has 0 saturated carbocycles. The summed E-state index contributed by atoms with van der Waals surface area (Å²) in [6.45, 7) is 4.72. The maximum Gasteiger partial charge on any atom is 0.325 e. The first-order valence-corrected chi connectivity index (χ1v) is 10.6. The van der Waals surface area contributed by atoms with E-state index in [-0.39, 0.29) is 62.7 Å². The molecule has 170 valence electrons. The summed E-state index contributed by atoms with van der Waals surface area (Å²) in [5.41, 5.74) is 0.423. The van der Waals surface area contributed by atoms with E-state index >= 15 is 0 Å². The highest BCUT2D eigenvalue weighted by Crippen LogP contribution is 2.37. The molecular weight excluding hydrogens is 428 g/mol. The van der Waals surface area contributed by atoms with Crippen molar-refractivity contribution in [1.82, 2.24) is 0 Å². The second kappa shape index (κ2) is 13.2. The van der Waals surface area contributed by atoms with E-state index in [4.69, 9.17) is 19.3 Å². The average Bonchev–Trinajstić information content (AvgIpc) is 3.03. The van der Waals surface area contributed by atoms with Crippen molar-refractivity contribution in [3.8, 4) is 6.07 Å². The zero-order valence-corrected chi connectivity index (χ0v) is 18.6. The van der Waals surface area contributed by atoms with Crippen LogP contribution in [0.25, 0.3) is 0 Å². The largest absolute Gasteiger partial charge is 0.481 e. The second-order valence-electron chi connectivity index (χ2n) is 6.14. The predicted molar refractivity (Wildman–Crippen MR) is 111 cm³/mol. The molecule has 1 N–H and O–H groups in total. The van der Waals surface area contributed by atoms with Crippen LogP contribution < -0.4 is 4.90 Å². The number of aryl methyl sites for hydroxylation is 1. The van der Waals surface area contributed by atoms with Gasteiger partial charge >= 0.3 is 23.9 Å². The summed E-state index contributed by atoms with van der Waals surface area (Å²) in [7, 11) is 0. The van der Waals surface area contributed by atoms with Gasteiger partial charge in [-0.1, -0.05) is 0 Å². The summed E-state index contributed by atoms with van der Waals surface area (Å²) in [5.74, 6) is -2.82. The van der Waals surface area contributed by atoms with Gasteiger partial charge in [-0.25, -0.2) is 0 Å². The van der Waals surface area contributed by atoms with Crippen LogP contribution in [0.15, 0.2) is 0 Å². The molecule has 0 aromatic carbocycles. The van der Waals surface area contributed by atoms with Crippen molar-refractivity contribution in [3.63, 3.8) is 0 Å². The van der Waals surface area contributed by atoms with E-state index in [1.54, 1.807) is 20.8 Å². The molecule has 1 rings (SSSR count). The molecule has 0 amide bonds. The minimum absolute atomic E-state index is 0.0794. The number of carbonyl (C=O) groups is 4. The molecular formula is C20H26N2O8S. The number of esters is 3. The smallest absolute Gasteiger partial charge is 0.325 e. The van der Waals surface area contributed by atoms with Crippen LogP contribution in [0.2, 0.25) is 0 Å². The number of nitrogens with zero attached hydrogens (tertiary/aromatic N) is 2. The van der Waals surface area contributed by atoms with Gasteiger partial charge in [0.05, 0.1) is 38.2 Å². The third-order valence-corrected chi connectivity index (χ3v) is 5.27. The van der Waals surface area contributed by atoms with Crippen LogP contribution in [0, 0.1) is 11.3 Å². The molecule has 0 unspecified atom stereocenters. The maximum absolute atomic E-state index is 12.1. The Labute approximate surface area is 184 Å². The lowest BCUT2D eigenvalue weighted by Gasteiger charge is -2.21. The number of hydrogen-bond acceptors (Lipinski definition) is 10. The van der Waals surface area contributed by atoms with Crippen molar-refractivity contribution in [2.45, 2.75) is 40.0 Å². The third kappa shape index (κ3) is 8.25. The van der Waals surface area contributed by atoms with Crippen LogP contribution in [-0.4, -0.2) is 61.9 Å². The van der Waals surface area contributed by atoms with Crippen LogP contribution in [0.5, 0.6) is 0 Å². The number of thiophene rings is 1. The quantitative estimate of drug-likeness (QED) is 0.345. The Hall–Kier alpha value is -3.13. The highest BCUT2D eigenvalue weighted by molar-refractivity contribution is 7.16. The van der Waals surface area contributed by atoms with Crippen molar-refractivity contribution < 1.29 is 38.5 Å². The Balaban J connectivity index is 3.43. The van der Waals surface area contributed by atoms with Gasteiger partial charge in [0.15, 0.2) is 0 Å². The normalized spacial score (nSPS) is 10.1. The SMILES string of the molecule is CCOC(=O)Cc1c(CCC(=O)O)sc(N(CC(=O)OCC)CC(=O)OCC)c1C#N. The Kier molecular flexibility index (Phi) is 11.1. The fourth-order valence-electron chi connectivity index (χ4n) is 2.73. The third-order valence-electron chi connectivity index (χ3n) is 3.91. The number of rotatable bonds is 13. The summed E-state index contributed by atoms with van der Waals surface area (Å²) in [6.07, 6.45) is -0.360. The molecule has 0 bridgehead atoms. The number of carboxylic acid groups (broad SMARTS) is 1. The summed E-state index contributed by atoms with van der Waals surface area (Å²) >= 11 is 1.06. The van der Waals surface area contributed by atoms with Crippen molar-refractivity contribution in [2.24, 2.45) is 0 Å². The Morgan fingerprint density at radius 3 is 1.94 bits per heavy atom. The molecule has 0 fully saturated rings. The predicted octanol–water partition coefficient (Wildman–Crippen LogP) is 1.68. The van der Waals surface area contributed by atoms with Crippen molar-refractivity contribution in [2.75, 3.05) is 37.8 Å². The molecule has 0 radical (unpaired) electrons. The monoisotopic (exact) mass is 454 g/mol. The zero-order valence-electron chi connectivity index (χ0n) is 17.8. The van der Waals surface area contributed by atoms with Gasteiger partial charge in [0, 0.05) is 4.88 Å². The van der Waals surface area contributed by atoms with Gasteiger partial charge in [-0.2, -0.15) is 5.26 Å². The summed E-state index contributed by atoms with van der Waals surface area (Å²) in [5, 5.41) is 19.1.